The molecule has 6 heterocycles. The lowest BCUT2D eigenvalue weighted by atomic mass is 9.99. The van der Waals surface area contributed by atoms with Crippen LogP contribution in [-0.2, 0) is 13.1 Å². The maximum Gasteiger partial charge on any atom is 0.254 e. The molecule has 1 amide bonds. The van der Waals surface area contributed by atoms with E-state index in [0.29, 0.717) is 42.2 Å². The Kier molecular flexibility index (Phi) is 6.47. The predicted molar refractivity (Wildman–Crippen MR) is 176 cm³/mol. The smallest absolute Gasteiger partial charge is 0.254 e. The van der Waals surface area contributed by atoms with Crippen LogP contribution in [0.1, 0.15) is 41.9 Å². The number of amides is 1. The minimum absolute atomic E-state index is 0.00720. The zero-order chi connectivity index (χ0) is 31.8. The number of nitriles is 1. The van der Waals surface area contributed by atoms with Crippen molar-refractivity contribution in [2.75, 3.05) is 31.6 Å². The minimum atomic E-state index is -0.00720. The van der Waals surface area contributed by atoms with Gasteiger partial charge in [0.1, 0.15) is 28.8 Å². The summed E-state index contributed by atoms with van der Waals surface area (Å²) in [5.74, 6) is 3.71. The molecule has 47 heavy (non-hydrogen) atoms. The third-order valence-corrected chi connectivity index (χ3v) is 10.7. The summed E-state index contributed by atoms with van der Waals surface area (Å²) in [5, 5.41) is 10.4. The standard InChI is InChI=1S/C35H36N10O2/c1-47-28-13-24(35(46)44-19-23-6-7-26(44)31(23)37)11-25-32(28)45(18-21-15-42(16-21)30-8-10-38-29(14-36)41-30)34(40-25)27-12-22-3-2-9-39-33(22)43(27)17-20-4-5-20/h2-3,8-13,20-21,23,26,31H,4-7,15-19,37H2,1H3/t23?,26?,31-/m1/s1. The quantitative estimate of drug-likeness (QED) is 0.271. The largest absolute Gasteiger partial charge is 0.494 e. The van der Waals surface area contributed by atoms with Crippen LogP contribution in [0.5, 0.6) is 5.75 Å². The highest BCUT2D eigenvalue weighted by molar-refractivity contribution is 6.00. The lowest BCUT2D eigenvalue weighted by molar-refractivity contribution is 0.0700. The summed E-state index contributed by atoms with van der Waals surface area (Å²) in [6, 6.07) is 14.1. The molecular weight excluding hydrogens is 592 g/mol. The molecule has 4 aromatic heterocycles. The Bertz CT molecular complexity index is 2090. The van der Waals surface area contributed by atoms with Gasteiger partial charge in [0.2, 0.25) is 5.82 Å². The van der Waals surface area contributed by atoms with Crippen LogP contribution in [-0.4, -0.2) is 78.7 Å². The Balaban J connectivity index is 1.14. The van der Waals surface area contributed by atoms with Gasteiger partial charge in [-0.1, -0.05) is 0 Å². The number of fused-ring (bicyclic) bond motifs is 4. The fourth-order valence-electron chi connectivity index (χ4n) is 8.06. The molecule has 2 saturated heterocycles. The number of methoxy groups -OCH3 is 1. The van der Waals surface area contributed by atoms with Crippen molar-refractivity contribution < 1.29 is 9.53 Å². The van der Waals surface area contributed by atoms with Crippen LogP contribution >= 0.6 is 0 Å². The zero-order valence-corrected chi connectivity index (χ0v) is 26.3. The Morgan fingerprint density at radius 3 is 2.60 bits per heavy atom. The van der Waals surface area contributed by atoms with Gasteiger partial charge in [-0.2, -0.15) is 5.26 Å². The molecule has 5 aromatic rings. The summed E-state index contributed by atoms with van der Waals surface area (Å²) in [6.07, 6.45) is 7.97. The highest BCUT2D eigenvalue weighted by Crippen LogP contribution is 2.41. The van der Waals surface area contributed by atoms with Gasteiger partial charge in [-0.25, -0.2) is 19.9 Å². The molecule has 4 fully saturated rings. The number of nitrogens with two attached hydrogens (primary N) is 1. The average Bonchev–Trinajstić information content (AvgIpc) is 3.44. The summed E-state index contributed by atoms with van der Waals surface area (Å²) in [6.45, 7) is 3.86. The van der Waals surface area contributed by atoms with Gasteiger partial charge in [-0.05, 0) is 73.9 Å². The molecule has 12 nitrogen and oxygen atoms in total. The Morgan fingerprint density at radius 2 is 1.85 bits per heavy atom. The molecule has 2 aliphatic heterocycles. The summed E-state index contributed by atoms with van der Waals surface area (Å²) in [4.78, 5) is 36.5. The number of benzene rings is 1. The fourth-order valence-corrected chi connectivity index (χ4v) is 8.06. The molecule has 2 saturated carbocycles. The molecule has 4 aliphatic rings. The van der Waals surface area contributed by atoms with Gasteiger partial charge < -0.3 is 29.4 Å². The number of carbonyl (C=O) groups is 1. The highest BCUT2D eigenvalue weighted by Gasteiger charge is 2.47. The van der Waals surface area contributed by atoms with Crippen LogP contribution in [0.3, 0.4) is 0 Å². The number of ether oxygens (including phenoxy) is 1. The van der Waals surface area contributed by atoms with E-state index in [1.807, 2.05) is 41.4 Å². The Morgan fingerprint density at radius 1 is 1.00 bits per heavy atom. The van der Waals surface area contributed by atoms with Gasteiger partial charge in [0, 0.05) is 74.1 Å². The number of likely N-dealkylation sites (tertiary alicyclic amines) is 1. The maximum atomic E-state index is 13.9. The van der Waals surface area contributed by atoms with Gasteiger partial charge in [0.25, 0.3) is 5.91 Å². The molecule has 9 rings (SSSR count). The average molecular weight is 629 g/mol. The van der Waals surface area contributed by atoms with Crippen molar-refractivity contribution in [3.63, 3.8) is 0 Å². The van der Waals surface area contributed by atoms with Crippen molar-refractivity contribution in [1.82, 2.24) is 34.0 Å². The number of aromatic nitrogens is 6. The molecule has 1 aromatic carbocycles. The molecule has 2 N–H and O–H groups in total. The van der Waals surface area contributed by atoms with Crippen LogP contribution in [0.2, 0.25) is 0 Å². The van der Waals surface area contributed by atoms with Crippen LogP contribution < -0.4 is 15.4 Å². The maximum absolute atomic E-state index is 13.9. The van der Waals surface area contributed by atoms with E-state index >= 15 is 0 Å². The number of nitrogens with zero attached hydrogens (tertiary/aromatic N) is 9. The highest BCUT2D eigenvalue weighted by atomic mass is 16.5. The van der Waals surface area contributed by atoms with Gasteiger partial charge in [-0.3, -0.25) is 4.79 Å². The van der Waals surface area contributed by atoms with Crippen LogP contribution in [0.25, 0.3) is 33.6 Å². The Hall–Kier alpha value is -5.02. The topological polar surface area (TPSA) is 144 Å². The van der Waals surface area contributed by atoms with E-state index < -0.39 is 0 Å². The Labute approximate surface area is 271 Å². The number of rotatable bonds is 8. The van der Waals surface area contributed by atoms with E-state index in [9.17, 15) is 10.1 Å². The van der Waals surface area contributed by atoms with Crippen LogP contribution in [0, 0.1) is 29.1 Å². The molecular formula is C35H36N10O2. The third-order valence-electron chi connectivity index (χ3n) is 10.7. The molecule has 0 spiro atoms. The van der Waals surface area contributed by atoms with E-state index in [-0.39, 0.29) is 23.8 Å². The molecule has 2 bridgehead atoms. The van der Waals surface area contributed by atoms with Crippen molar-refractivity contribution in [3.05, 3.63) is 60.2 Å². The molecule has 238 valence electrons. The first-order chi connectivity index (χ1) is 23.0. The van der Waals surface area contributed by atoms with Gasteiger partial charge in [-0.15, -0.1) is 0 Å². The first-order valence-corrected chi connectivity index (χ1v) is 16.6. The molecule has 0 radical (unpaired) electrons. The normalized spacial score (nSPS) is 22.3. The van der Waals surface area contributed by atoms with Crippen molar-refractivity contribution in [2.45, 2.75) is 50.9 Å². The van der Waals surface area contributed by atoms with E-state index in [2.05, 4.69) is 36.1 Å². The first kappa shape index (κ1) is 28.2. The molecule has 12 heteroatoms. The molecule has 3 atom stereocenters. The lowest BCUT2D eigenvalue weighted by Gasteiger charge is -2.40. The monoisotopic (exact) mass is 628 g/mol. The van der Waals surface area contributed by atoms with Crippen LogP contribution in [0.15, 0.2) is 48.8 Å². The summed E-state index contributed by atoms with van der Waals surface area (Å²) in [5.41, 5.74) is 10.6. The van der Waals surface area contributed by atoms with Gasteiger partial charge in [0.05, 0.1) is 18.3 Å². The van der Waals surface area contributed by atoms with E-state index in [0.717, 1.165) is 71.9 Å². The lowest BCUT2D eigenvalue weighted by Crippen LogP contribution is -2.49. The molecule has 2 aliphatic carbocycles. The number of hydrogen-bond acceptors (Lipinski definition) is 9. The molecule has 2 unspecified atom stereocenters. The second-order valence-electron chi connectivity index (χ2n) is 13.7. The number of carbonyl (C=O) groups excluding carboxylic acids is 1. The van der Waals surface area contributed by atoms with Gasteiger partial charge >= 0.3 is 0 Å². The van der Waals surface area contributed by atoms with Crippen LogP contribution in [0.4, 0.5) is 5.82 Å². The minimum Gasteiger partial charge on any atom is -0.494 e. The van der Waals surface area contributed by atoms with E-state index in [4.69, 9.17) is 20.4 Å². The van der Waals surface area contributed by atoms with E-state index in [1.165, 1.54) is 12.8 Å². The summed E-state index contributed by atoms with van der Waals surface area (Å²) < 4.78 is 10.6. The second-order valence-corrected chi connectivity index (χ2v) is 13.7. The predicted octanol–water partition coefficient (Wildman–Crippen LogP) is 3.83. The van der Waals surface area contributed by atoms with Crippen molar-refractivity contribution in [2.24, 2.45) is 23.5 Å². The van der Waals surface area contributed by atoms with Crippen molar-refractivity contribution in [1.29, 1.82) is 5.26 Å². The second kappa shape index (κ2) is 10.8. The van der Waals surface area contributed by atoms with Crippen molar-refractivity contribution >= 4 is 33.8 Å². The van der Waals surface area contributed by atoms with Gasteiger partial charge in [0.15, 0.2) is 5.82 Å². The first-order valence-electron chi connectivity index (χ1n) is 16.6. The zero-order valence-electron chi connectivity index (χ0n) is 26.3. The van der Waals surface area contributed by atoms with Crippen molar-refractivity contribution in [3.8, 4) is 23.3 Å². The number of hydrogen-bond donors (Lipinski definition) is 1. The summed E-state index contributed by atoms with van der Waals surface area (Å²) in [7, 11) is 1.66. The number of anilines is 1. The third kappa shape index (κ3) is 4.63. The van der Waals surface area contributed by atoms with E-state index in [1.54, 1.807) is 13.3 Å². The fraction of sp³-hybridized carbons (Fsp3) is 0.429. The number of imidazole rings is 1. The summed E-state index contributed by atoms with van der Waals surface area (Å²) >= 11 is 0. The SMILES string of the molecule is COc1cc(C(=O)N2CC3CCC2[C@@H]3N)cc2nc(-c3cc4cccnc4n3CC3CC3)n(CC3CN(c4ccnc(C#N)n4)C3)c12. The number of pyridine rings is 1. The number of piperidine rings is 1.